The maximum atomic E-state index is 12.7. The monoisotopic (exact) mass is 438 g/mol. The van der Waals surface area contributed by atoms with Crippen molar-refractivity contribution in [2.75, 3.05) is 16.6 Å². The minimum Gasteiger partial charge on any atom is -0.494 e. The molecule has 0 saturated heterocycles. The number of carbonyl (C=O) groups is 1. The summed E-state index contributed by atoms with van der Waals surface area (Å²) in [5, 5.41) is 2.77. The van der Waals surface area contributed by atoms with Gasteiger partial charge in [0.1, 0.15) is 5.75 Å². The molecule has 0 heterocycles. The largest absolute Gasteiger partial charge is 0.494 e. The summed E-state index contributed by atoms with van der Waals surface area (Å²) in [6.07, 6.45) is 0.883. The summed E-state index contributed by atoms with van der Waals surface area (Å²) in [5.74, 6) is 0.620. The number of nitrogens with one attached hydrogen (secondary N) is 2. The number of hydrogen-bond acceptors (Lipinski definition) is 4. The molecule has 0 aliphatic carbocycles. The van der Waals surface area contributed by atoms with E-state index in [9.17, 15) is 13.2 Å². The summed E-state index contributed by atoms with van der Waals surface area (Å²) in [6, 6.07) is 21.1. The molecule has 6 nitrogen and oxygen atoms in total. The molecule has 162 valence electrons. The number of amides is 1. The molecule has 0 spiro atoms. The predicted molar refractivity (Wildman–Crippen MR) is 123 cm³/mol. The SMILES string of the molecule is Cc1ccc(NS(=O)(=O)c2ccc(NC(=O)CCCOc3ccccc3)cc2)c(C)c1. The zero-order valence-corrected chi connectivity index (χ0v) is 18.4. The van der Waals surface area contributed by atoms with Crippen LogP contribution in [0, 0.1) is 13.8 Å². The summed E-state index contributed by atoms with van der Waals surface area (Å²) >= 11 is 0. The molecule has 0 aliphatic heterocycles. The lowest BCUT2D eigenvalue weighted by molar-refractivity contribution is -0.116. The zero-order chi connectivity index (χ0) is 22.3. The molecule has 0 aromatic heterocycles. The second-order valence-electron chi connectivity index (χ2n) is 7.26. The number of anilines is 2. The molecule has 0 radical (unpaired) electrons. The van der Waals surface area contributed by atoms with Crippen LogP contribution >= 0.6 is 0 Å². The number of carbonyl (C=O) groups excluding carboxylic acids is 1. The number of sulfonamides is 1. The topological polar surface area (TPSA) is 84.5 Å². The lowest BCUT2D eigenvalue weighted by atomic mass is 10.1. The quantitative estimate of drug-likeness (QED) is 0.465. The summed E-state index contributed by atoms with van der Waals surface area (Å²) in [6.45, 7) is 4.25. The summed E-state index contributed by atoms with van der Waals surface area (Å²) < 4.78 is 33.5. The Hall–Kier alpha value is -3.32. The van der Waals surface area contributed by atoms with Gasteiger partial charge in [0.2, 0.25) is 5.91 Å². The number of rotatable bonds is 9. The molecule has 0 saturated carbocycles. The van der Waals surface area contributed by atoms with Crippen LogP contribution in [-0.2, 0) is 14.8 Å². The van der Waals surface area contributed by atoms with Crippen molar-refractivity contribution in [1.29, 1.82) is 0 Å². The summed E-state index contributed by atoms with van der Waals surface area (Å²) in [7, 11) is -3.72. The zero-order valence-electron chi connectivity index (χ0n) is 17.6. The van der Waals surface area contributed by atoms with E-state index >= 15 is 0 Å². The van der Waals surface area contributed by atoms with E-state index in [2.05, 4.69) is 10.0 Å². The van der Waals surface area contributed by atoms with Crippen molar-refractivity contribution in [3.63, 3.8) is 0 Å². The third-order valence-corrected chi connectivity index (χ3v) is 6.02. The second-order valence-corrected chi connectivity index (χ2v) is 8.94. The molecule has 31 heavy (non-hydrogen) atoms. The van der Waals surface area contributed by atoms with Gasteiger partial charge in [-0.25, -0.2) is 8.42 Å². The fourth-order valence-electron chi connectivity index (χ4n) is 3.01. The highest BCUT2D eigenvalue weighted by atomic mass is 32.2. The number of para-hydroxylation sites is 1. The van der Waals surface area contributed by atoms with E-state index in [0.29, 0.717) is 30.8 Å². The van der Waals surface area contributed by atoms with E-state index in [1.807, 2.05) is 56.3 Å². The molecule has 0 unspecified atom stereocenters. The van der Waals surface area contributed by atoms with Crippen LogP contribution in [-0.4, -0.2) is 20.9 Å². The molecule has 0 atom stereocenters. The standard InChI is InChI=1S/C24H26N2O4S/c1-18-10-15-23(19(2)17-18)26-31(28,29)22-13-11-20(12-14-22)25-24(27)9-6-16-30-21-7-4-3-5-8-21/h3-5,7-8,10-15,17,26H,6,9,16H2,1-2H3,(H,25,27). The van der Waals surface area contributed by atoms with Gasteiger partial charge in [0.25, 0.3) is 10.0 Å². The maximum Gasteiger partial charge on any atom is 0.261 e. The molecule has 0 bridgehead atoms. The molecular weight excluding hydrogens is 412 g/mol. The van der Waals surface area contributed by atoms with Gasteiger partial charge in [-0.3, -0.25) is 9.52 Å². The normalized spacial score (nSPS) is 11.0. The van der Waals surface area contributed by atoms with E-state index in [4.69, 9.17) is 4.74 Å². The van der Waals surface area contributed by atoms with E-state index in [-0.39, 0.29) is 10.8 Å². The number of hydrogen-bond donors (Lipinski definition) is 2. The highest BCUT2D eigenvalue weighted by Crippen LogP contribution is 2.22. The fourth-order valence-corrected chi connectivity index (χ4v) is 4.14. The average Bonchev–Trinajstić information content (AvgIpc) is 2.74. The molecule has 3 rings (SSSR count). The Morgan fingerprint density at radius 3 is 2.32 bits per heavy atom. The molecule has 0 aliphatic rings. The highest BCUT2D eigenvalue weighted by molar-refractivity contribution is 7.92. The molecule has 3 aromatic carbocycles. The highest BCUT2D eigenvalue weighted by Gasteiger charge is 2.15. The predicted octanol–water partition coefficient (Wildman–Crippen LogP) is 4.90. The average molecular weight is 439 g/mol. The van der Waals surface area contributed by atoms with Crippen molar-refractivity contribution < 1.29 is 17.9 Å². The van der Waals surface area contributed by atoms with Crippen LogP contribution in [0.2, 0.25) is 0 Å². The van der Waals surface area contributed by atoms with Crippen molar-refractivity contribution in [2.45, 2.75) is 31.6 Å². The minimum atomic E-state index is -3.72. The second kappa shape index (κ2) is 10.1. The Kier molecular flexibility index (Phi) is 7.31. The third-order valence-electron chi connectivity index (χ3n) is 4.63. The molecule has 0 fully saturated rings. The number of aryl methyl sites for hydroxylation is 2. The van der Waals surface area contributed by atoms with Crippen molar-refractivity contribution >= 4 is 27.3 Å². The van der Waals surface area contributed by atoms with Gasteiger partial charge in [-0.05, 0) is 68.3 Å². The molecule has 1 amide bonds. The van der Waals surface area contributed by atoms with Crippen LogP contribution in [0.15, 0.2) is 77.7 Å². The lowest BCUT2D eigenvalue weighted by Gasteiger charge is -2.12. The Bertz CT molecular complexity index is 1130. The molecule has 7 heteroatoms. The van der Waals surface area contributed by atoms with Crippen LogP contribution in [0.5, 0.6) is 5.75 Å². The third kappa shape index (κ3) is 6.58. The van der Waals surface area contributed by atoms with Crippen molar-refractivity contribution in [3.05, 3.63) is 83.9 Å². The first kappa shape index (κ1) is 22.4. The van der Waals surface area contributed by atoms with Gasteiger partial charge in [-0.1, -0.05) is 35.9 Å². The van der Waals surface area contributed by atoms with Gasteiger partial charge in [0, 0.05) is 12.1 Å². The van der Waals surface area contributed by atoms with Gasteiger partial charge < -0.3 is 10.1 Å². The Morgan fingerprint density at radius 2 is 1.65 bits per heavy atom. The van der Waals surface area contributed by atoms with E-state index in [0.717, 1.165) is 16.9 Å². The lowest BCUT2D eigenvalue weighted by Crippen LogP contribution is -2.15. The van der Waals surface area contributed by atoms with Crippen molar-refractivity contribution in [1.82, 2.24) is 0 Å². The van der Waals surface area contributed by atoms with E-state index in [1.54, 1.807) is 18.2 Å². The fraction of sp³-hybridized carbons (Fsp3) is 0.208. The van der Waals surface area contributed by atoms with Crippen LogP contribution in [0.3, 0.4) is 0 Å². The smallest absolute Gasteiger partial charge is 0.261 e. The number of ether oxygens (including phenoxy) is 1. The Balaban J connectivity index is 1.51. The Morgan fingerprint density at radius 1 is 0.935 bits per heavy atom. The van der Waals surface area contributed by atoms with Crippen LogP contribution in [0.25, 0.3) is 0 Å². The van der Waals surface area contributed by atoms with Gasteiger partial charge in [0.05, 0.1) is 17.2 Å². The summed E-state index contributed by atoms with van der Waals surface area (Å²) in [4.78, 5) is 12.2. The van der Waals surface area contributed by atoms with Gasteiger partial charge in [0.15, 0.2) is 0 Å². The van der Waals surface area contributed by atoms with Gasteiger partial charge >= 0.3 is 0 Å². The van der Waals surface area contributed by atoms with Crippen LogP contribution in [0.1, 0.15) is 24.0 Å². The van der Waals surface area contributed by atoms with Crippen LogP contribution in [0.4, 0.5) is 11.4 Å². The van der Waals surface area contributed by atoms with E-state index < -0.39 is 10.0 Å². The molecule has 2 N–H and O–H groups in total. The number of benzene rings is 3. The molecular formula is C24H26N2O4S. The van der Waals surface area contributed by atoms with Gasteiger partial charge in [-0.2, -0.15) is 0 Å². The van der Waals surface area contributed by atoms with Crippen LogP contribution < -0.4 is 14.8 Å². The summed E-state index contributed by atoms with van der Waals surface area (Å²) in [5.41, 5.74) is 3.00. The van der Waals surface area contributed by atoms with Crippen molar-refractivity contribution in [2.24, 2.45) is 0 Å². The first-order valence-electron chi connectivity index (χ1n) is 10.0. The van der Waals surface area contributed by atoms with Crippen molar-refractivity contribution in [3.8, 4) is 5.75 Å². The minimum absolute atomic E-state index is 0.127. The first-order chi connectivity index (χ1) is 14.8. The maximum absolute atomic E-state index is 12.7. The van der Waals surface area contributed by atoms with Gasteiger partial charge in [-0.15, -0.1) is 0 Å². The first-order valence-corrected chi connectivity index (χ1v) is 11.5. The van der Waals surface area contributed by atoms with E-state index in [1.165, 1.54) is 12.1 Å². The Labute approximate surface area is 183 Å². The molecule has 3 aromatic rings.